The summed E-state index contributed by atoms with van der Waals surface area (Å²) in [6.45, 7) is 5.54. The van der Waals surface area contributed by atoms with Gasteiger partial charge in [0.25, 0.3) is 0 Å². The van der Waals surface area contributed by atoms with Gasteiger partial charge in [-0.05, 0) is 0 Å². The maximum Gasteiger partial charge on any atom is 0.106 e. The van der Waals surface area contributed by atoms with Crippen molar-refractivity contribution in [2.75, 3.05) is 46.0 Å². The molecule has 0 amide bonds. The lowest BCUT2D eigenvalue weighted by atomic mass is 9.83. The van der Waals surface area contributed by atoms with E-state index in [0.717, 1.165) is 17.6 Å². The summed E-state index contributed by atoms with van der Waals surface area (Å²) in [5, 5.41) is 18.5. The summed E-state index contributed by atoms with van der Waals surface area (Å²) >= 11 is 0. The summed E-state index contributed by atoms with van der Waals surface area (Å²) in [6, 6.07) is 0. The number of ether oxygens (including phenoxy) is 1. The highest BCUT2D eigenvalue weighted by molar-refractivity contribution is 4.79. The van der Waals surface area contributed by atoms with Gasteiger partial charge in [0.15, 0.2) is 0 Å². The van der Waals surface area contributed by atoms with Crippen LogP contribution in [0.15, 0.2) is 0 Å². The van der Waals surface area contributed by atoms with E-state index in [9.17, 15) is 5.11 Å². The number of aliphatic hydroxyl groups excluding tert-OH is 2. The second-order valence-corrected chi connectivity index (χ2v) is 4.94. The van der Waals surface area contributed by atoms with Gasteiger partial charge in [0, 0.05) is 18.8 Å². The summed E-state index contributed by atoms with van der Waals surface area (Å²) in [5.41, 5.74) is 0. The predicted octanol–water partition coefficient (Wildman–Crippen LogP) is -0.403. The Morgan fingerprint density at radius 3 is 2.53 bits per heavy atom. The molecule has 2 bridgehead atoms. The molecule has 0 aliphatic carbocycles. The van der Waals surface area contributed by atoms with Crippen molar-refractivity contribution in [1.29, 1.82) is 0 Å². The quantitative estimate of drug-likeness (QED) is 0.485. The molecular formula is C11H22NO3+. The maximum atomic E-state index is 9.87. The van der Waals surface area contributed by atoms with E-state index in [1.54, 1.807) is 0 Å². The normalized spacial score (nSPS) is 39.6. The number of rotatable bonds is 5. The fourth-order valence-corrected chi connectivity index (χ4v) is 2.99. The Morgan fingerprint density at radius 1 is 1.20 bits per heavy atom. The number of fused-ring (bicyclic) bond motifs is 3. The highest BCUT2D eigenvalue weighted by atomic mass is 16.5. The van der Waals surface area contributed by atoms with Gasteiger partial charge in [-0.15, -0.1) is 0 Å². The van der Waals surface area contributed by atoms with Crippen LogP contribution in [-0.4, -0.2) is 66.8 Å². The van der Waals surface area contributed by atoms with Crippen molar-refractivity contribution in [3.8, 4) is 0 Å². The van der Waals surface area contributed by atoms with Crippen molar-refractivity contribution in [1.82, 2.24) is 0 Å². The smallest absolute Gasteiger partial charge is 0.106 e. The van der Waals surface area contributed by atoms with Gasteiger partial charge in [0.1, 0.15) is 19.2 Å². The topological polar surface area (TPSA) is 49.7 Å². The number of aliphatic hydroxyl groups is 2. The summed E-state index contributed by atoms with van der Waals surface area (Å²) in [5.74, 6) is 0.559. The average molecular weight is 216 g/mol. The molecule has 2 N–H and O–H groups in total. The standard InChI is InChI=1S/C11H22NO3/c13-6-8-15-7-5-12-3-1-10(2-4-12)11(14)9-12/h10-11,13-14H,1-9H2/q+1. The Bertz CT molecular complexity index is 202. The predicted molar refractivity (Wildman–Crippen MR) is 56.4 cm³/mol. The number of hydrogen-bond acceptors (Lipinski definition) is 3. The van der Waals surface area contributed by atoms with Gasteiger partial charge >= 0.3 is 0 Å². The van der Waals surface area contributed by atoms with Gasteiger partial charge < -0.3 is 19.4 Å². The Labute approximate surface area is 91.0 Å². The van der Waals surface area contributed by atoms with Crippen LogP contribution in [0.5, 0.6) is 0 Å². The SMILES string of the molecule is OCCOCC[N+]12CCC(CC1)C(O)C2. The van der Waals surface area contributed by atoms with Crippen molar-refractivity contribution in [2.45, 2.75) is 18.9 Å². The molecule has 3 aliphatic rings. The minimum absolute atomic E-state index is 0.0923. The van der Waals surface area contributed by atoms with Gasteiger partial charge in [0.05, 0.1) is 32.9 Å². The van der Waals surface area contributed by atoms with E-state index in [1.807, 2.05) is 0 Å². The van der Waals surface area contributed by atoms with Crippen molar-refractivity contribution in [2.24, 2.45) is 5.92 Å². The van der Waals surface area contributed by atoms with Crippen LogP contribution in [0, 0.1) is 5.92 Å². The Balaban J connectivity index is 1.79. The lowest BCUT2D eigenvalue weighted by molar-refractivity contribution is -0.946. The van der Waals surface area contributed by atoms with E-state index >= 15 is 0 Å². The second-order valence-electron chi connectivity index (χ2n) is 4.94. The third kappa shape index (κ3) is 2.50. The Hall–Kier alpha value is -0.160. The number of piperidine rings is 3. The molecule has 1 unspecified atom stereocenters. The second kappa shape index (κ2) is 4.78. The van der Waals surface area contributed by atoms with Crippen LogP contribution >= 0.6 is 0 Å². The molecule has 15 heavy (non-hydrogen) atoms. The molecule has 0 aromatic heterocycles. The first-order valence-electron chi connectivity index (χ1n) is 5.97. The molecule has 4 nitrogen and oxygen atoms in total. The summed E-state index contributed by atoms with van der Waals surface area (Å²) < 4.78 is 6.35. The molecule has 3 fully saturated rings. The summed E-state index contributed by atoms with van der Waals surface area (Å²) in [4.78, 5) is 0. The molecule has 3 aliphatic heterocycles. The third-order valence-corrected chi connectivity index (χ3v) is 4.01. The number of nitrogens with zero attached hydrogens (tertiary/aromatic N) is 1. The van der Waals surface area contributed by atoms with Crippen LogP contribution in [0.25, 0.3) is 0 Å². The van der Waals surface area contributed by atoms with Gasteiger partial charge in [0.2, 0.25) is 0 Å². The Kier molecular flexibility index (Phi) is 3.61. The first-order valence-corrected chi connectivity index (χ1v) is 5.97. The average Bonchev–Trinajstić information content (AvgIpc) is 2.26. The largest absolute Gasteiger partial charge is 0.394 e. The van der Waals surface area contributed by atoms with Gasteiger partial charge in [-0.1, -0.05) is 0 Å². The molecule has 4 heteroatoms. The van der Waals surface area contributed by atoms with Gasteiger partial charge in [-0.3, -0.25) is 0 Å². The molecule has 1 atom stereocenters. The van der Waals surface area contributed by atoms with Crippen LogP contribution in [0.1, 0.15) is 12.8 Å². The molecular weight excluding hydrogens is 194 g/mol. The zero-order valence-corrected chi connectivity index (χ0v) is 9.27. The van der Waals surface area contributed by atoms with Crippen molar-refractivity contribution in [3.05, 3.63) is 0 Å². The third-order valence-electron chi connectivity index (χ3n) is 4.01. The first-order chi connectivity index (χ1) is 7.26. The van der Waals surface area contributed by atoms with Crippen LogP contribution < -0.4 is 0 Å². The lowest BCUT2D eigenvalue weighted by Crippen LogP contribution is -2.64. The Morgan fingerprint density at radius 2 is 1.93 bits per heavy atom. The minimum Gasteiger partial charge on any atom is -0.394 e. The van der Waals surface area contributed by atoms with Crippen LogP contribution in [-0.2, 0) is 4.74 Å². The fourth-order valence-electron chi connectivity index (χ4n) is 2.99. The van der Waals surface area contributed by atoms with E-state index in [0.29, 0.717) is 19.1 Å². The molecule has 0 radical (unpaired) electrons. The monoisotopic (exact) mass is 216 g/mol. The summed E-state index contributed by atoms with van der Waals surface area (Å²) in [7, 11) is 0. The molecule has 0 aromatic rings. The molecule has 88 valence electrons. The molecule has 3 heterocycles. The van der Waals surface area contributed by atoms with Crippen LogP contribution in [0.2, 0.25) is 0 Å². The van der Waals surface area contributed by atoms with E-state index in [-0.39, 0.29) is 12.7 Å². The highest BCUT2D eigenvalue weighted by Crippen LogP contribution is 2.33. The fraction of sp³-hybridized carbons (Fsp3) is 1.00. The molecule has 0 saturated carbocycles. The molecule has 0 spiro atoms. The number of quaternary nitrogens is 1. The maximum absolute atomic E-state index is 9.87. The van der Waals surface area contributed by atoms with Gasteiger partial charge in [-0.2, -0.15) is 0 Å². The van der Waals surface area contributed by atoms with E-state index in [4.69, 9.17) is 9.84 Å². The van der Waals surface area contributed by atoms with E-state index in [2.05, 4.69) is 0 Å². The van der Waals surface area contributed by atoms with Crippen molar-refractivity contribution >= 4 is 0 Å². The molecule has 0 aromatic carbocycles. The van der Waals surface area contributed by atoms with Crippen molar-refractivity contribution in [3.63, 3.8) is 0 Å². The van der Waals surface area contributed by atoms with E-state index < -0.39 is 0 Å². The zero-order valence-electron chi connectivity index (χ0n) is 9.27. The number of hydrogen-bond donors (Lipinski definition) is 2. The lowest BCUT2D eigenvalue weighted by Gasteiger charge is -2.51. The van der Waals surface area contributed by atoms with Crippen LogP contribution in [0.3, 0.4) is 0 Å². The zero-order chi connectivity index (χ0) is 10.7. The first kappa shape index (κ1) is 11.3. The van der Waals surface area contributed by atoms with Gasteiger partial charge in [-0.25, -0.2) is 0 Å². The van der Waals surface area contributed by atoms with Crippen LogP contribution in [0.4, 0.5) is 0 Å². The van der Waals surface area contributed by atoms with E-state index in [1.165, 1.54) is 25.9 Å². The molecule has 3 saturated heterocycles. The van der Waals surface area contributed by atoms with Crippen molar-refractivity contribution < 1.29 is 19.4 Å². The minimum atomic E-state index is -0.0923. The summed E-state index contributed by atoms with van der Waals surface area (Å²) in [6.07, 6.45) is 2.24. The molecule has 3 rings (SSSR count). The highest BCUT2D eigenvalue weighted by Gasteiger charge is 2.44.